The lowest BCUT2D eigenvalue weighted by molar-refractivity contribution is 0.398. The summed E-state index contributed by atoms with van der Waals surface area (Å²) in [7, 11) is 3.44. The average molecular weight is 407 g/mol. The van der Waals surface area contributed by atoms with Gasteiger partial charge in [0.1, 0.15) is 0 Å². The molecule has 0 aliphatic heterocycles. The van der Waals surface area contributed by atoms with E-state index in [0.29, 0.717) is 11.5 Å². The van der Waals surface area contributed by atoms with E-state index in [1.807, 2.05) is 52.7 Å². The third-order valence-corrected chi connectivity index (χ3v) is 5.26. The third-order valence-electron chi connectivity index (χ3n) is 5.26. The quantitative estimate of drug-likeness (QED) is 0.428. The predicted molar refractivity (Wildman–Crippen MR) is 116 cm³/mol. The summed E-state index contributed by atoms with van der Waals surface area (Å²) in [6.07, 6.45) is 8.96. The third kappa shape index (κ3) is 3.00. The lowest BCUT2D eigenvalue weighted by atomic mass is 10.0. The molecule has 4 aromatic heterocycles. The van der Waals surface area contributed by atoms with Crippen molar-refractivity contribution in [2.24, 2.45) is 12.0 Å². The van der Waals surface area contributed by atoms with Gasteiger partial charge in [0, 0.05) is 30.9 Å². The summed E-state index contributed by atoms with van der Waals surface area (Å²) in [5.41, 5.74) is 5.94. The SMILES string of the molecule is COc1ccc(-n2/c(=N\C#N)n(C)c3cnc4ccc(-c5ccncc5)cc4c32)cn1. The van der Waals surface area contributed by atoms with E-state index in [2.05, 4.69) is 26.0 Å². The van der Waals surface area contributed by atoms with Gasteiger partial charge in [0.15, 0.2) is 0 Å². The van der Waals surface area contributed by atoms with Crippen LogP contribution in [0, 0.1) is 11.5 Å². The second-order valence-electron chi connectivity index (χ2n) is 6.92. The molecule has 0 fully saturated rings. The topological polar surface area (TPSA) is 93.9 Å². The first kappa shape index (κ1) is 18.5. The molecule has 0 saturated carbocycles. The molecule has 0 N–H and O–H groups in total. The number of hydrogen-bond donors (Lipinski definition) is 0. The van der Waals surface area contributed by atoms with Crippen LogP contribution in [0.25, 0.3) is 38.8 Å². The fourth-order valence-electron chi connectivity index (χ4n) is 3.77. The standard InChI is InChI=1S/C23H17N7O/c1-29-20-13-26-19-5-3-16(15-7-9-25-10-8-15)11-18(19)22(20)30(23(29)28-14-24)17-4-6-21(31-2)27-12-17/h3-13H,1-2H3/b28-23-. The zero-order chi connectivity index (χ0) is 21.4. The number of hydrogen-bond acceptors (Lipinski definition) is 6. The molecule has 0 amide bonds. The van der Waals surface area contributed by atoms with Crippen molar-refractivity contribution in [1.29, 1.82) is 5.26 Å². The van der Waals surface area contributed by atoms with Gasteiger partial charge in [-0.25, -0.2) is 4.98 Å². The van der Waals surface area contributed by atoms with Crippen LogP contribution in [0.15, 0.2) is 72.2 Å². The highest BCUT2D eigenvalue weighted by Crippen LogP contribution is 2.29. The van der Waals surface area contributed by atoms with E-state index in [0.717, 1.165) is 38.8 Å². The molecular formula is C23H17N7O. The predicted octanol–water partition coefficient (Wildman–Crippen LogP) is 3.36. The van der Waals surface area contributed by atoms with Gasteiger partial charge in [-0.1, -0.05) is 6.07 Å². The van der Waals surface area contributed by atoms with Crippen LogP contribution in [0.3, 0.4) is 0 Å². The van der Waals surface area contributed by atoms with Gasteiger partial charge in [0.2, 0.25) is 17.7 Å². The molecule has 1 aromatic carbocycles. The maximum Gasteiger partial charge on any atom is 0.226 e. The summed E-state index contributed by atoms with van der Waals surface area (Å²) in [6, 6.07) is 13.7. The Bertz CT molecular complexity index is 1520. The first-order valence-corrected chi connectivity index (χ1v) is 9.55. The smallest absolute Gasteiger partial charge is 0.226 e. The van der Waals surface area contributed by atoms with Gasteiger partial charge >= 0.3 is 0 Å². The second kappa shape index (κ2) is 7.39. The molecule has 0 spiro atoms. The Morgan fingerprint density at radius 3 is 2.55 bits per heavy atom. The minimum Gasteiger partial charge on any atom is -0.481 e. The summed E-state index contributed by atoms with van der Waals surface area (Å²) in [5.74, 6) is 0.509. The maximum atomic E-state index is 9.33. The van der Waals surface area contributed by atoms with Gasteiger partial charge in [-0.2, -0.15) is 5.26 Å². The van der Waals surface area contributed by atoms with Crippen molar-refractivity contribution in [2.75, 3.05) is 7.11 Å². The number of fused-ring (bicyclic) bond motifs is 3. The first-order chi connectivity index (χ1) is 15.2. The van der Waals surface area contributed by atoms with E-state index in [9.17, 15) is 5.26 Å². The van der Waals surface area contributed by atoms with E-state index < -0.39 is 0 Å². The molecule has 5 aromatic rings. The van der Waals surface area contributed by atoms with Gasteiger partial charge in [0.25, 0.3) is 0 Å². The zero-order valence-corrected chi connectivity index (χ0v) is 16.9. The van der Waals surface area contributed by atoms with Crippen molar-refractivity contribution < 1.29 is 4.74 Å². The number of ether oxygens (including phenoxy) is 1. The van der Waals surface area contributed by atoms with Crippen LogP contribution in [0.5, 0.6) is 5.88 Å². The molecule has 31 heavy (non-hydrogen) atoms. The number of pyridine rings is 3. The van der Waals surface area contributed by atoms with E-state index in [-0.39, 0.29) is 0 Å². The van der Waals surface area contributed by atoms with E-state index in [1.165, 1.54) is 0 Å². The number of imidazole rings is 1. The summed E-state index contributed by atoms with van der Waals surface area (Å²) in [6.45, 7) is 0. The Hall–Kier alpha value is -4.51. The lowest BCUT2D eigenvalue weighted by Crippen LogP contribution is -2.22. The number of nitriles is 1. The zero-order valence-electron chi connectivity index (χ0n) is 16.9. The van der Waals surface area contributed by atoms with Crippen molar-refractivity contribution in [3.8, 4) is 28.9 Å². The molecule has 4 heterocycles. The van der Waals surface area contributed by atoms with Crippen molar-refractivity contribution >= 4 is 21.9 Å². The molecule has 0 aliphatic carbocycles. The molecule has 0 bridgehead atoms. The van der Waals surface area contributed by atoms with Crippen LogP contribution < -0.4 is 10.4 Å². The average Bonchev–Trinajstić information content (AvgIpc) is 3.11. The molecule has 0 aliphatic rings. The van der Waals surface area contributed by atoms with E-state index in [4.69, 9.17) is 4.74 Å². The van der Waals surface area contributed by atoms with Crippen LogP contribution in [-0.2, 0) is 7.05 Å². The van der Waals surface area contributed by atoms with Gasteiger partial charge < -0.3 is 9.30 Å². The van der Waals surface area contributed by atoms with Crippen LogP contribution in [0.1, 0.15) is 0 Å². The van der Waals surface area contributed by atoms with Crippen molar-refractivity contribution in [2.45, 2.75) is 0 Å². The summed E-state index contributed by atoms with van der Waals surface area (Å²) < 4.78 is 8.97. The Balaban J connectivity index is 1.91. The Labute approximate surface area is 177 Å². The first-order valence-electron chi connectivity index (χ1n) is 9.55. The fourth-order valence-corrected chi connectivity index (χ4v) is 3.77. The van der Waals surface area contributed by atoms with E-state index in [1.54, 1.807) is 38.0 Å². The summed E-state index contributed by atoms with van der Waals surface area (Å²) in [4.78, 5) is 17.2. The van der Waals surface area contributed by atoms with Crippen molar-refractivity contribution in [1.82, 2.24) is 24.1 Å². The number of nitrogens with zero attached hydrogens (tertiary/aromatic N) is 7. The Morgan fingerprint density at radius 1 is 1.00 bits per heavy atom. The molecule has 150 valence electrons. The minimum atomic E-state index is 0.480. The molecule has 0 atom stereocenters. The monoisotopic (exact) mass is 407 g/mol. The molecule has 8 nitrogen and oxygen atoms in total. The molecule has 5 rings (SSSR count). The van der Waals surface area contributed by atoms with Gasteiger partial charge in [-0.05, 0) is 41.5 Å². The molecular weight excluding hydrogens is 390 g/mol. The van der Waals surface area contributed by atoms with Crippen LogP contribution in [-0.4, -0.2) is 31.2 Å². The van der Waals surface area contributed by atoms with E-state index >= 15 is 0 Å². The normalized spacial score (nSPS) is 11.7. The van der Waals surface area contributed by atoms with Crippen LogP contribution in [0.4, 0.5) is 0 Å². The number of aromatic nitrogens is 5. The summed E-state index contributed by atoms with van der Waals surface area (Å²) in [5, 5.41) is 10.3. The minimum absolute atomic E-state index is 0.480. The highest BCUT2D eigenvalue weighted by Gasteiger charge is 2.16. The highest BCUT2D eigenvalue weighted by atomic mass is 16.5. The summed E-state index contributed by atoms with van der Waals surface area (Å²) >= 11 is 0. The van der Waals surface area contributed by atoms with Gasteiger partial charge in [-0.3, -0.25) is 14.5 Å². The van der Waals surface area contributed by atoms with Crippen LogP contribution in [0.2, 0.25) is 0 Å². The van der Waals surface area contributed by atoms with Crippen molar-refractivity contribution in [3.05, 3.63) is 72.9 Å². The highest BCUT2D eigenvalue weighted by molar-refractivity contribution is 6.04. The molecule has 8 heteroatoms. The lowest BCUT2D eigenvalue weighted by Gasteiger charge is -2.09. The molecule has 0 saturated heterocycles. The number of benzene rings is 1. The Morgan fingerprint density at radius 2 is 1.84 bits per heavy atom. The number of aryl methyl sites for hydroxylation is 1. The fraction of sp³-hybridized carbons (Fsp3) is 0.0870. The largest absolute Gasteiger partial charge is 0.481 e. The molecule has 0 unspecified atom stereocenters. The maximum absolute atomic E-state index is 9.33. The Kier molecular flexibility index (Phi) is 4.41. The molecule has 0 radical (unpaired) electrons. The van der Waals surface area contributed by atoms with Crippen molar-refractivity contribution in [3.63, 3.8) is 0 Å². The number of rotatable bonds is 3. The van der Waals surface area contributed by atoms with Crippen LogP contribution >= 0.6 is 0 Å². The second-order valence-corrected chi connectivity index (χ2v) is 6.92. The van der Waals surface area contributed by atoms with Gasteiger partial charge in [-0.15, -0.1) is 4.99 Å². The number of methoxy groups -OCH3 is 1. The van der Waals surface area contributed by atoms with Gasteiger partial charge in [0.05, 0.1) is 41.7 Å².